The molecule has 0 radical (unpaired) electrons. The Hall–Kier alpha value is -1.82. The molecule has 1 saturated heterocycles. The maximum Gasteiger partial charge on any atom is 0.323 e. The van der Waals surface area contributed by atoms with E-state index in [2.05, 4.69) is 0 Å². The molecule has 0 spiro atoms. The zero-order valence-corrected chi connectivity index (χ0v) is 11.5. The third kappa shape index (κ3) is 3.39. The van der Waals surface area contributed by atoms with Gasteiger partial charge in [-0.25, -0.2) is 0 Å². The molecule has 1 unspecified atom stereocenters. The normalized spacial score (nSPS) is 19.8. The van der Waals surface area contributed by atoms with Crippen molar-refractivity contribution in [1.29, 1.82) is 0 Å². The van der Waals surface area contributed by atoms with Gasteiger partial charge in [-0.2, -0.15) is 0 Å². The van der Waals surface area contributed by atoms with Crippen molar-refractivity contribution in [2.75, 3.05) is 13.2 Å². The van der Waals surface area contributed by atoms with Crippen LogP contribution in [0.1, 0.15) is 31.9 Å². The van der Waals surface area contributed by atoms with Crippen molar-refractivity contribution in [3.63, 3.8) is 0 Å². The molecule has 0 saturated carbocycles. The van der Waals surface area contributed by atoms with Gasteiger partial charge in [0.15, 0.2) is 5.75 Å². The highest BCUT2D eigenvalue weighted by molar-refractivity contribution is 5.75. The van der Waals surface area contributed by atoms with Gasteiger partial charge in [0.25, 0.3) is 0 Å². The van der Waals surface area contributed by atoms with Gasteiger partial charge in [-0.05, 0) is 26.3 Å². The van der Waals surface area contributed by atoms with E-state index in [4.69, 9.17) is 14.3 Å². The Morgan fingerprint density at radius 1 is 1.55 bits per heavy atom. The number of ether oxygens (including phenoxy) is 1. The van der Waals surface area contributed by atoms with Crippen LogP contribution in [0.5, 0.6) is 5.75 Å². The monoisotopic (exact) mass is 281 g/mol. The van der Waals surface area contributed by atoms with Gasteiger partial charge in [0, 0.05) is 6.07 Å². The van der Waals surface area contributed by atoms with E-state index in [1.165, 1.54) is 6.07 Å². The number of carbonyl (C=O) groups is 1. The number of carbonyl (C=O) groups excluding carboxylic acids is 1. The van der Waals surface area contributed by atoms with Crippen LogP contribution >= 0.6 is 0 Å². The van der Waals surface area contributed by atoms with Crippen molar-refractivity contribution in [2.24, 2.45) is 0 Å². The zero-order chi connectivity index (χ0) is 14.5. The zero-order valence-electron chi connectivity index (χ0n) is 11.5. The first-order valence-corrected chi connectivity index (χ1v) is 6.83. The maximum atomic E-state index is 11.9. The molecule has 0 bridgehead atoms. The number of likely N-dealkylation sites (tertiary alicyclic amines) is 1. The smallest absolute Gasteiger partial charge is 0.323 e. The lowest BCUT2D eigenvalue weighted by Gasteiger charge is -2.33. The van der Waals surface area contributed by atoms with E-state index in [-0.39, 0.29) is 12.0 Å². The quantitative estimate of drug-likeness (QED) is 0.837. The second-order valence-corrected chi connectivity index (χ2v) is 4.83. The summed E-state index contributed by atoms with van der Waals surface area (Å²) in [5.74, 6) is -0.202. The molecule has 2 heterocycles. The summed E-state index contributed by atoms with van der Waals surface area (Å²) < 4.78 is 10.3. The molecule has 1 fully saturated rings. The van der Waals surface area contributed by atoms with Gasteiger partial charge in [-0.15, -0.1) is 0 Å². The van der Waals surface area contributed by atoms with Crippen molar-refractivity contribution in [3.05, 3.63) is 28.3 Å². The van der Waals surface area contributed by atoms with E-state index in [0.29, 0.717) is 18.9 Å². The third-order valence-electron chi connectivity index (χ3n) is 3.40. The second kappa shape index (κ2) is 6.56. The molecule has 2 rings (SSSR count). The molecule has 1 N–H and O–H groups in total. The molecule has 0 aromatic carbocycles. The summed E-state index contributed by atoms with van der Waals surface area (Å²) in [7, 11) is 0. The van der Waals surface area contributed by atoms with Crippen molar-refractivity contribution >= 4 is 5.97 Å². The SMILES string of the molecule is CCOC(=O)C1CCCCN1Cc1cc(=O)c(O)co1. The van der Waals surface area contributed by atoms with E-state index in [0.717, 1.165) is 32.1 Å². The Morgan fingerprint density at radius 3 is 3.05 bits per heavy atom. The maximum absolute atomic E-state index is 11.9. The molecule has 1 aliphatic rings. The minimum absolute atomic E-state index is 0.228. The molecule has 6 nitrogen and oxygen atoms in total. The van der Waals surface area contributed by atoms with Crippen LogP contribution < -0.4 is 5.43 Å². The average molecular weight is 281 g/mol. The largest absolute Gasteiger partial charge is 0.502 e. The van der Waals surface area contributed by atoms with Gasteiger partial charge >= 0.3 is 5.97 Å². The van der Waals surface area contributed by atoms with Gasteiger partial charge < -0.3 is 14.3 Å². The summed E-state index contributed by atoms with van der Waals surface area (Å²) in [5, 5.41) is 9.17. The Labute approximate surface area is 117 Å². The Balaban J connectivity index is 2.10. The fourth-order valence-electron chi connectivity index (χ4n) is 2.41. The lowest BCUT2D eigenvalue weighted by Crippen LogP contribution is -2.45. The van der Waals surface area contributed by atoms with Crippen molar-refractivity contribution < 1.29 is 19.1 Å². The lowest BCUT2D eigenvalue weighted by atomic mass is 10.0. The van der Waals surface area contributed by atoms with Crippen LogP contribution in [-0.4, -0.2) is 35.2 Å². The molecule has 0 aliphatic carbocycles. The topological polar surface area (TPSA) is 80.0 Å². The highest BCUT2D eigenvalue weighted by atomic mass is 16.5. The first-order chi connectivity index (χ1) is 9.61. The summed E-state index contributed by atoms with van der Waals surface area (Å²) in [6, 6.07) is 0.967. The fraction of sp³-hybridized carbons (Fsp3) is 0.571. The van der Waals surface area contributed by atoms with Gasteiger partial charge in [0.2, 0.25) is 5.43 Å². The van der Waals surface area contributed by atoms with Crippen LogP contribution in [0.4, 0.5) is 0 Å². The van der Waals surface area contributed by atoms with Crippen molar-refractivity contribution in [3.8, 4) is 5.75 Å². The van der Waals surface area contributed by atoms with Crippen LogP contribution in [0.15, 0.2) is 21.5 Å². The van der Waals surface area contributed by atoms with Crippen LogP contribution in [0.25, 0.3) is 0 Å². The molecule has 0 amide bonds. The molecule has 6 heteroatoms. The van der Waals surface area contributed by atoms with E-state index < -0.39 is 11.2 Å². The van der Waals surface area contributed by atoms with Crippen molar-refractivity contribution in [1.82, 2.24) is 4.90 Å². The van der Waals surface area contributed by atoms with E-state index in [1.54, 1.807) is 6.92 Å². The summed E-state index contributed by atoms with van der Waals surface area (Å²) >= 11 is 0. The molecule has 1 aromatic heterocycles. The lowest BCUT2D eigenvalue weighted by molar-refractivity contribution is -0.151. The third-order valence-corrected chi connectivity index (χ3v) is 3.40. The number of hydrogen-bond acceptors (Lipinski definition) is 6. The van der Waals surface area contributed by atoms with Gasteiger partial charge in [-0.3, -0.25) is 14.5 Å². The van der Waals surface area contributed by atoms with Crippen LogP contribution in [0.2, 0.25) is 0 Å². The second-order valence-electron chi connectivity index (χ2n) is 4.83. The summed E-state index contributed by atoms with van der Waals surface area (Å²) in [6.07, 6.45) is 3.76. The summed E-state index contributed by atoms with van der Waals surface area (Å²) in [6.45, 7) is 3.26. The molecule has 1 aromatic rings. The Kier molecular flexibility index (Phi) is 4.79. The minimum Gasteiger partial charge on any atom is -0.502 e. The van der Waals surface area contributed by atoms with Crippen LogP contribution in [0.3, 0.4) is 0 Å². The predicted octanol–water partition coefficient (Wildman–Crippen LogP) is 1.26. The average Bonchev–Trinajstić information content (AvgIpc) is 2.44. The van der Waals surface area contributed by atoms with Gasteiger partial charge in [0.1, 0.15) is 18.1 Å². The van der Waals surface area contributed by atoms with Gasteiger partial charge in [-0.1, -0.05) is 6.42 Å². The number of aromatic hydroxyl groups is 1. The fourth-order valence-corrected chi connectivity index (χ4v) is 2.41. The van der Waals surface area contributed by atoms with E-state index in [1.807, 2.05) is 4.90 Å². The number of piperidine rings is 1. The Bertz CT molecular complexity index is 525. The van der Waals surface area contributed by atoms with Gasteiger partial charge in [0.05, 0.1) is 13.2 Å². The van der Waals surface area contributed by atoms with Crippen LogP contribution in [-0.2, 0) is 16.1 Å². The first-order valence-electron chi connectivity index (χ1n) is 6.83. The minimum atomic E-state index is -0.476. The van der Waals surface area contributed by atoms with E-state index >= 15 is 0 Å². The molecule has 1 aliphatic heterocycles. The van der Waals surface area contributed by atoms with Crippen LogP contribution in [0, 0.1) is 0 Å². The number of rotatable bonds is 4. The first kappa shape index (κ1) is 14.6. The predicted molar refractivity (Wildman–Crippen MR) is 71.3 cm³/mol. The van der Waals surface area contributed by atoms with Crippen molar-refractivity contribution in [2.45, 2.75) is 38.8 Å². The van der Waals surface area contributed by atoms with E-state index in [9.17, 15) is 9.59 Å². The summed E-state index contributed by atoms with van der Waals surface area (Å²) in [5.41, 5.74) is -0.476. The molecule has 110 valence electrons. The number of hydrogen-bond donors (Lipinski definition) is 1. The number of esters is 1. The standard InChI is InChI=1S/C14H19NO5/c1-2-19-14(18)11-5-3-4-6-15(11)8-10-7-12(16)13(17)9-20-10/h7,9,11,17H,2-6,8H2,1H3. The highest BCUT2D eigenvalue weighted by Crippen LogP contribution is 2.20. The molecule has 20 heavy (non-hydrogen) atoms. The highest BCUT2D eigenvalue weighted by Gasteiger charge is 2.30. The molecular formula is C14H19NO5. The molecular weight excluding hydrogens is 262 g/mol. The summed E-state index contributed by atoms with van der Waals surface area (Å²) in [4.78, 5) is 25.3. The molecule has 1 atom stereocenters. The Morgan fingerprint density at radius 2 is 2.35 bits per heavy atom. The number of nitrogens with zero attached hydrogens (tertiary/aromatic N) is 1.